The molecule has 1 aliphatic carbocycles. The van der Waals surface area contributed by atoms with E-state index in [1.54, 1.807) is 18.5 Å². The molecule has 76 valence electrons. The van der Waals surface area contributed by atoms with Crippen LogP contribution in [0.25, 0.3) is 11.4 Å². The Morgan fingerprint density at radius 1 is 1.40 bits per heavy atom. The number of aromatic amines is 1. The molecule has 1 saturated carbocycles. The van der Waals surface area contributed by atoms with Crippen molar-refractivity contribution >= 4 is 0 Å². The van der Waals surface area contributed by atoms with Crippen molar-refractivity contribution < 1.29 is 0 Å². The number of nitrogens with one attached hydrogen (secondary N) is 1. The van der Waals surface area contributed by atoms with Crippen LogP contribution in [0.5, 0.6) is 0 Å². The topological polar surface area (TPSA) is 50.7 Å². The summed E-state index contributed by atoms with van der Waals surface area (Å²) >= 11 is 0. The molecule has 0 saturated heterocycles. The first-order valence-electron chi connectivity index (χ1n) is 5.06. The molecule has 3 rings (SSSR count). The minimum Gasteiger partial charge on any atom is -0.328 e. The Morgan fingerprint density at radius 2 is 2.27 bits per heavy atom. The minimum absolute atomic E-state index is 0.0803. The number of hydrogen-bond acceptors (Lipinski definition) is 2. The summed E-state index contributed by atoms with van der Waals surface area (Å²) in [5.74, 6) is 0.939. The van der Waals surface area contributed by atoms with Crippen LogP contribution in [0.4, 0.5) is 0 Å². The lowest BCUT2D eigenvalue weighted by atomic mass is 10.2. The summed E-state index contributed by atoms with van der Waals surface area (Å²) in [4.78, 5) is 17.9. The van der Waals surface area contributed by atoms with Crippen LogP contribution in [-0.4, -0.2) is 14.5 Å². The SMILES string of the molecule is O=c1ccc(-c2nccn2C2CC2)c[nH]1. The first kappa shape index (κ1) is 8.47. The van der Waals surface area contributed by atoms with Gasteiger partial charge in [-0.05, 0) is 18.9 Å². The summed E-state index contributed by atoms with van der Waals surface area (Å²) in [5.41, 5.74) is 0.884. The maximum Gasteiger partial charge on any atom is 0.247 e. The average molecular weight is 201 g/mol. The molecule has 0 amide bonds. The van der Waals surface area contributed by atoms with Gasteiger partial charge in [0, 0.05) is 36.3 Å². The van der Waals surface area contributed by atoms with E-state index < -0.39 is 0 Å². The van der Waals surface area contributed by atoms with Crippen LogP contribution in [0, 0.1) is 0 Å². The molecule has 1 aliphatic rings. The summed E-state index contributed by atoms with van der Waals surface area (Å²) in [7, 11) is 0. The van der Waals surface area contributed by atoms with Gasteiger partial charge in [-0.15, -0.1) is 0 Å². The number of aromatic nitrogens is 3. The van der Waals surface area contributed by atoms with Gasteiger partial charge >= 0.3 is 0 Å². The first-order valence-corrected chi connectivity index (χ1v) is 5.06. The van der Waals surface area contributed by atoms with Crippen LogP contribution < -0.4 is 5.56 Å². The predicted molar refractivity (Wildman–Crippen MR) is 56.6 cm³/mol. The van der Waals surface area contributed by atoms with Crippen LogP contribution in [0.3, 0.4) is 0 Å². The number of pyridine rings is 1. The van der Waals surface area contributed by atoms with Gasteiger partial charge in [0.2, 0.25) is 5.56 Å². The highest BCUT2D eigenvalue weighted by molar-refractivity contribution is 5.54. The molecule has 4 nitrogen and oxygen atoms in total. The predicted octanol–water partition coefficient (Wildman–Crippen LogP) is 1.57. The van der Waals surface area contributed by atoms with Crippen molar-refractivity contribution in [2.45, 2.75) is 18.9 Å². The molecule has 0 bridgehead atoms. The lowest BCUT2D eigenvalue weighted by Crippen LogP contribution is -2.03. The molecule has 0 radical (unpaired) electrons. The van der Waals surface area contributed by atoms with E-state index in [1.165, 1.54) is 18.9 Å². The van der Waals surface area contributed by atoms with Crippen molar-refractivity contribution in [1.29, 1.82) is 0 Å². The van der Waals surface area contributed by atoms with Crippen LogP contribution in [-0.2, 0) is 0 Å². The highest BCUT2D eigenvalue weighted by Gasteiger charge is 2.25. The normalized spacial score (nSPS) is 15.5. The molecule has 0 aromatic carbocycles. The molecule has 2 heterocycles. The second kappa shape index (κ2) is 3.08. The molecular weight excluding hydrogens is 190 g/mol. The molecule has 15 heavy (non-hydrogen) atoms. The summed E-state index contributed by atoms with van der Waals surface area (Å²) in [5, 5.41) is 0. The number of rotatable bonds is 2. The zero-order valence-electron chi connectivity index (χ0n) is 8.18. The third-order valence-corrected chi connectivity index (χ3v) is 2.65. The van der Waals surface area contributed by atoms with E-state index in [1.807, 2.05) is 6.20 Å². The first-order chi connectivity index (χ1) is 7.34. The Labute approximate surface area is 86.6 Å². The van der Waals surface area contributed by atoms with Crippen LogP contribution in [0.1, 0.15) is 18.9 Å². The van der Waals surface area contributed by atoms with Crippen molar-refractivity contribution in [3.8, 4) is 11.4 Å². The second-order valence-corrected chi connectivity index (χ2v) is 3.83. The van der Waals surface area contributed by atoms with Crippen LogP contribution in [0.15, 0.2) is 35.5 Å². The van der Waals surface area contributed by atoms with E-state index >= 15 is 0 Å². The van der Waals surface area contributed by atoms with Crippen molar-refractivity contribution in [2.75, 3.05) is 0 Å². The fourth-order valence-electron chi connectivity index (χ4n) is 1.73. The van der Waals surface area contributed by atoms with Gasteiger partial charge in [0.05, 0.1) is 0 Å². The molecule has 0 spiro atoms. The van der Waals surface area contributed by atoms with Crippen molar-refractivity contribution in [2.24, 2.45) is 0 Å². The monoisotopic (exact) mass is 201 g/mol. The van der Waals surface area contributed by atoms with E-state index in [2.05, 4.69) is 14.5 Å². The second-order valence-electron chi connectivity index (χ2n) is 3.83. The fraction of sp³-hybridized carbons (Fsp3) is 0.273. The molecule has 2 aromatic heterocycles. The quantitative estimate of drug-likeness (QED) is 0.801. The largest absolute Gasteiger partial charge is 0.328 e. The van der Waals surface area contributed by atoms with Crippen molar-refractivity contribution in [1.82, 2.24) is 14.5 Å². The van der Waals surface area contributed by atoms with Gasteiger partial charge < -0.3 is 9.55 Å². The van der Waals surface area contributed by atoms with E-state index in [0.717, 1.165) is 11.4 Å². The molecule has 0 atom stereocenters. The summed E-state index contributed by atoms with van der Waals surface area (Å²) in [6.07, 6.45) is 7.97. The van der Waals surface area contributed by atoms with Crippen molar-refractivity contribution in [3.63, 3.8) is 0 Å². The smallest absolute Gasteiger partial charge is 0.247 e. The highest BCUT2D eigenvalue weighted by Crippen LogP contribution is 2.37. The minimum atomic E-state index is -0.0803. The lowest BCUT2D eigenvalue weighted by Gasteiger charge is -2.04. The fourth-order valence-corrected chi connectivity index (χ4v) is 1.73. The molecule has 4 heteroatoms. The Morgan fingerprint density at radius 3 is 2.93 bits per heavy atom. The Bertz CT molecular complexity index is 516. The molecule has 2 aromatic rings. The zero-order valence-corrected chi connectivity index (χ0v) is 8.18. The van der Waals surface area contributed by atoms with E-state index in [-0.39, 0.29) is 5.56 Å². The molecule has 0 aliphatic heterocycles. The Balaban J connectivity index is 2.07. The zero-order chi connectivity index (χ0) is 10.3. The Kier molecular flexibility index (Phi) is 1.74. The number of hydrogen-bond donors (Lipinski definition) is 1. The lowest BCUT2D eigenvalue weighted by molar-refractivity contribution is 0.749. The maximum absolute atomic E-state index is 10.9. The molecular formula is C11H11N3O. The van der Waals surface area contributed by atoms with Gasteiger partial charge in [-0.2, -0.15) is 0 Å². The third-order valence-electron chi connectivity index (χ3n) is 2.65. The molecule has 1 fully saturated rings. The number of nitrogens with zero attached hydrogens (tertiary/aromatic N) is 2. The van der Waals surface area contributed by atoms with Crippen LogP contribution >= 0.6 is 0 Å². The highest BCUT2D eigenvalue weighted by atomic mass is 16.1. The van der Waals surface area contributed by atoms with E-state index in [0.29, 0.717) is 6.04 Å². The van der Waals surface area contributed by atoms with Gasteiger partial charge in [0.1, 0.15) is 5.82 Å². The van der Waals surface area contributed by atoms with Gasteiger partial charge in [0.15, 0.2) is 0 Å². The van der Waals surface area contributed by atoms with Gasteiger partial charge in [0.25, 0.3) is 0 Å². The van der Waals surface area contributed by atoms with E-state index in [4.69, 9.17) is 0 Å². The molecule has 1 N–H and O–H groups in total. The van der Waals surface area contributed by atoms with Crippen molar-refractivity contribution in [3.05, 3.63) is 41.1 Å². The standard InChI is InChI=1S/C11H11N3O/c15-10-4-1-8(7-13-10)11-12-5-6-14(11)9-2-3-9/h1,4-7,9H,2-3H2,(H,13,15). The maximum atomic E-state index is 10.9. The summed E-state index contributed by atoms with van der Waals surface area (Å²) < 4.78 is 2.17. The van der Waals surface area contributed by atoms with Crippen LogP contribution in [0.2, 0.25) is 0 Å². The number of H-pyrrole nitrogens is 1. The summed E-state index contributed by atoms with van der Waals surface area (Å²) in [6, 6.07) is 3.94. The average Bonchev–Trinajstić information content (AvgIpc) is 2.98. The third kappa shape index (κ3) is 1.48. The van der Waals surface area contributed by atoms with E-state index in [9.17, 15) is 4.79 Å². The number of imidazole rings is 1. The summed E-state index contributed by atoms with van der Waals surface area (Å²) in [6.45, 7) is 0. The Hall–Kier alpha value is -1.84. The molecule has 0 unspecified atom stereocenters. The van der Waals surface area contributed by atoms with Gasteiger partial charge in [-0.25, -0.2) is 4.98 Å². The van der Waals surface area contributed by atoms with Gasteiger partial charge in [-0.3, -0.25) is 4.79 Å². The van der Waals surface area contributed by atoms with Gasteiger partial charge in [-0.1, -0.05) is 0 Å².